The molecule has 0 heterocycles. The van der Waals surface area contributed by atoms with Gasteiger partial charge in [-0.05, 0) is 46.1 Å². The van der Waals surface area contributed by atoms with Crippen molar-refractivity contribution in [3.05, 3.63) is 48.1 Å². The van der Waals surface area contributed by atoms with Gasteiger partial charge in [-0.25, -0.2) is 0 Å². The lowest BCUT2D eigenvalue weighted by Crippen LogP contribution is -1.89. The number of rotatable bonds is 8. The van der Waals surface area contributed by atoms with Crippen LogP contribution in [-0.4, -0.2) is 5.78 Å². The average molecular weight is 232 g/mol. The smallest absolute Gasteiger partial charge is 0.155 e. The van der Waals surface area contributed by atoms with Gasteiger partial charge in [-0.1, -0.05) is 35.5 Å². The van der Waals surface area contributed by atoms with E-state index in [1.807, 2.05) is 12.2 Å². The molecule has 0 fully saturated rings. The topological polar surface area (TPSA) is 17.1 Å². The molecule has 0 aromatic heterocycles. The Kier molecular flexibility index (Phi) is 9.04. The third kappa shape index (κ3) is 10.9. The third-order valence-corrected chi connectivity index (χ3v) is 2.35. The van der Waals surface area contributed by atoms with Gasteiger partial charge in [0.2, 0.25) is 0 Å². The van der Waals surface area contributed by atoms with Crippen LogP contribution in [0.3, 0.4) is 0 Å². The summed E-state index contributed by atoms with van der Waals surface area (Å²) in [5.74, 6) is 0.165. The summed E-state index contributed by atoms with van der Waals surface area (Å²) in [5, 5.41) is 0. The molecule has 0 spiro atoms. The SMILES string of the molecule is C=CCCC(=O)/C=C/C=C(\C)CCC=C(C)C. The van der Waals surface area contributed by atoms with Gasteiger partial charge >= 0.3 is 0 Å². The van der Waals surface area contributed by atoms with Crippen molar-refractivity contribution in [3.63, 3.8) is 0 Å². The first kappa shape index (κ1) is 15.6. The van der Waals surface area contributed by atoms with Crippen molar-refractivity contribution < 1.29 is 4.79 Å². The van der Waals surface area contributed by atoms with Gasteiger partial charge in [0.05, 0.1) is 0 Å². The highest BCUT2D eigenvalue weighted by Crippen LogP contribution is 2.06. The Morgan fingerprint density at radius 3 is 2.41 bits per heavy atom. The maximum Gasteiger partial charge on any atom is 0.155 e. The van der Waals surface area contributed by atoms with Crippen LogP contribution in [0.2, 0.25) is 0 Å². The highest BCUT2D eigenvalue weighted by Gasteiger charge is 1.92. The molecule has 17 heavy (non-hydrogen) atoms. The first-order valence-electron chi connectivity index (χ1n) is 6.17. The zero-order valence-electron chi connectivity index (χ0n) is 11.3. The van der Waals surface area contributed by atoms with Crippen LogP contribution in [0.25, 0.3) is 0 Å². The van der Waals surface area contributed by atoms with E-state index < -0.39 is 0 Å². The quantitative estimate of drug-likeness (QED) is 0.334. The van der Waals surface area contributed by atoms with E-state index in [0.29, 0.717) is 6.42 Å². The Morgan fingerprint density at radius 2 is 1.82 bits per heavy atom. The van der Waals surface area contributed by atoms with Crippen LogP contribution >= 0.6 is 0 Å². The summed E-state index contributed by atoms with van der Waals surface area (Å²) in [6.45, 7) is 9.91. The van der Waals surface area contributed by atoms with Crippen LogP contribution in [0.5, 0.6) is 0 Å². The number of carbonyl (C=O) groups excluding carboxylic acids is 1. The zero-order chi connectivity index (χ0) is 13.1. The molecular formula is C16H24O. The fourth-order valence-corrected chi connectivity index (χ4v) is 1.32. The molecule has 0 aliphatic rings. The average Bonchev–Trinajstić information content (AvgIpc) is 2.25. The van der Waals surface area contributed by atoms with E-state index in [-0.39, 0.29) is 5.78 Å². The summed E-state index contributed by atoms with van der Waals surface area (Å²) in [5.41, 5.74) is 2.66. The highest BCUT2D eigenvalue weighted by atomic mass is 16.1. The molecule has 0 atom stereocenters. The third-order valence-electron chi connectivity index (χ3n) is 2.35. The van der Waals surface area contributed by atoms with Crippen molar-refractivity contribution in [2.24, 2.45) is 0 Å². The summed E-state index contributed by atoms with van der Waals surface area (Å²) >= 11 is 0. The largest absolute Gasteiger partial charge is 0.295 e. The maximum atomic E-state index is 11.3. The van der Waals surface area contributed by atoms with Gasteiger partial charge < -0.3 is 0 Å². The highest BCUT2D eigenvalue weighted by molar-refractivity contribution is 5.89. The van der Waals surface area contributed by atoms with Gasteiger partial charge in [0, 0.05) is 6.42 Å². The summed E-state index contributed by atoms with van der Waals surface area (Å²) in [6, 6.07) is 0. The number of hydrogen-bond acceptors (Lipinski definition) is 1. The predicted molar refractivity (Wildman–Crippen MR) is 76.0 cm³/mol. The van der Waals surface area contributed by atoms with Gasteiger partial charge in [0.1, 0.15) is 0 Å². The molecule has 0 N–H and O–H groups in total. The molecule has 0 bridgehead atoms. The molecule has 0 aromatic carbocycles. The van der Waals surface area contributed by atoms with Crippen LogP contribution < -0.4 is 0 Å². The fourth-order valence-electron chi connectivity index (χ4n) is 1.32. The summed E-state index contributed by atoms with van der Waals surface area (Å²) < 4.78 is 0. The molecule has 0 aliphatic heterocycles. The molecule has 0 rings (SSSR count). The summed E-state index contributed by atoms with van der Waals surface area (Å²) in [7, 11) is 0. The van der Waals surface area contributed by atoms with E-state index in [1.165, 1.54) is 11.1 Å². The van der Waals surface area contributed by atoms with Crippen molar-refractivity contribution >= 4 is 5.78 Å². The van der Waals surface area contributed by atoms with Crippen molar-refractivity contribution in [2.45, 2.75) is 46.5 Å². The lowest BCUT2D eigenvalue weighted by molar-refractivity contribution is -0.114. The molecular weight excluding hydrogens is 208 g/mol. The molecule has 0 radical (unpaired) electrons. The number of allylic oxidation sites excluding steroid dienone is 7. The first-order chi connectivity index (χ1) is 8.06. The maximum absolute atomic E-state index is 11.3. The summed E-state index contributed by atoms with van der Waals surface area (Å²) in [6.07, 6.45) is 13.0. The van der Waals surface area contributed by atoms with E-state index >= 15 is 0 Å². The second kappa shape index (κ2) is 9.83. The Balaban J connectivity index is 3.96. The Bertz CT molecular complexity index is 325. The Labute approximate surface area is 106 Å². The van der Waals surface area contributed by atoms with Crippen LogP contribution in [0.4, 0.5) is 0 Å². The standard InChI is InChI=1S/C16H24O/c1-5-6-12-16(17)13-8-11-15(4)10-7-9-14(2)3/h5,8-9,11,13H,1,6-7,10,12H2,2-4H3/b13-8+,15-11+. The Hall–Kier alpha value is -1.37. The molecule has 1 heteroatoms. The van der Waals surface area contributed by atoms with Crippen molar-refractivity contribution in [2.75, 3.05) is 0 Å². The molecule has 0 amide bonds. The van der Waals surface area contributed by atoms with Gasteiger partial charge in [0.25, 0.3) is 0 Å². The molecule has 0 saturated heterocycles. The van der Waals surface area contributed by atoms with E-state index in [9.17, 15) is 4.79 Å². The predicted octanol–water partition coefficient (Wildman–Crippen LogP) is 4.77. The van der Waals surface area contributed by atoms with Gasteiger partial charge in [-0.15, -0.1) is 6.58 Å². The van der Waals surface area contributed by atoms with Crippen LogP contribution in [-0.2, 0) is 4.79 Å². The zero-order valence-corrected chi connectivity index (χ0v) is 11.3. The fraction of sp³-hybridized carbons (Fsp3) is 0.438. The normalized spacial score (nSPS) is 11.6. The molecule has 94 valence electrons. The van der Waals surface area contributed by atoms with Crippen molar-refractivity contribution in [3.8, 4) is 0 Å². The molecule has 0 aliphatic carbocycles. The minimum absolute atomic E-state index is 0.165. The second-order valence-corrected chi connectivity index (χ2v) is 4.49. The van der Waals surface area contributed by atoms with E-state index in [2.05, 4.69) is 33.4 Å². The monoisotopic (exact) mass is 232 g/mol. The minimum Gasteiger partial charge on any atom is -0.295 e. The number of hydrogen-bond donors (Lipinski definition) is 0. The summed E-state index contributed by atoms with van der Waals surface area (Å²) in [4.78, 5) is 11.3. The Morgan fingerprint density at radius 1 is 1.12 bits per heavy atom. The van der Waals surface area contributed by atoms with Crippen LogP contribution in [0.1, 0.15) is 46.5 Å². The van der Waals surface area contributed by atoms with E-state index in [4.69, 9.17) is 0 Å². The molecule has 0 unspecified atom stereocenters. The lowest BCUT2D eigenvalue weighted by atomic mass is 10.1. The van der Waals surface area contributed by atoms with Crippen molar-refractivity contribution in [1.29, 1.82) is 0 Å². The minimum atomic E-state index is 0.165. The van der Waals surface area contributed by atoms with Crippen LogP contribution in [0.15, 0.2) is 48.1 Å². The second-order valence-electron chi connectivity index (χ2n) is 4.49. The van der Waals surface area contributed by atoms with Gasteiger partial charge in [-0.3, -0.25) is 4.79 Å². The van der Waals surface area contributed by atoms with Crippen molar-refractivity contribution in [1.82, 2.24) is 0 Å². The van der Waals surface area contributed by atoms with Gasteiger partial charge in [-0.2, -0.15) is 0 Å². The van der Waals surface area contributed by atoms with Crippen LogP contribution in [0, 0.1) is 0 Å². The molecule has 0 aromatic rings. The molecule has 1 nitrogen and oxygen atoms in total. The first-order valence-corrected chi connectivity index (χ1v) is 6.17. The lowest BCUT2D eigenvalue weighted by Gasteiger charge is -1.96. The van der Waals surface area contributed by atoms with Gasteiger partial charge in [0.15, 0.2) is 5.78 Å². The molecule has 0 saturated carbocycles. The van der Waals surface area contributed by atoms with E-state index in [0.717, 1.165) is 19.3 Å². The van der Waals surface area contributed by atoms with E-state index in [1.54, 1.807) is 12.2 Å². The number of carbonyl (C=O) groups is 1. The number of ketones is 1.